The van der Waals surface area contributed by atoms with Gasteiger partial charge in [-0.15, -0.1) is 29.6 Å². The van der Waals surface area contributed by atoms with Gasteiger partial charge in [-0.25, -0.2) is 4.68 Å². The van der Waals surface area contributed by atoms with Crippen molar-refractivity contribution in [2.24, 2.45) is 7.05 Å². The van der Waals surface area contributed by atoms with Gasteiger partial charge in [0.05, 0.1) is 19.6 Å². The van der Waals surface area contributed by atoms with Gasteiger partial charge in [0.25, 0.3) is 0 Å². The highest BCUT2D eigenvalue weighted by atomic mass is 32.1. The molecular weight excluding hydrogens is 471 g/mol. The number of nitrogens with zero attached hydrogens (tertiary/aromatic N) is 3. The average molecular weight is 494 g/mol. The number of carbonyl (C=O) groups excluding carboxylic acids is 1. The highest BCUT2D eigenvalue weighted by molar-refractivity contribution is 7.17. The molecule has 0 spiro atoms. The zero-order chi connectivity index (χ0) is 24.6. The zero-order valence-corrected chi connectivity index (χ0v) is 19.5. The van der Waals surface area contributed by atoms with Gasteiger partial charge in [0, 0.05) is 17.7 Å². The molecule has 0 fully saturated rings. The van der Waals surface area contributed by atoms with Crippen molar-refractivity contribution in [3.8, 4) is 5.75 Å². The van der Waals surface area contributed by atoms with E-state index in [1.165, 1.54) is 29.1 Å². The van der Waals surface area contributed by atoms with Gasteiger partial charge in [0.2, 0.25) is 0 Å². The van der Waals surface area contributed by atoms with Gasteiger partial charge in [-0.3, -0.25) is 4.79 Å². The molecule has 0 radical (unpaired) electrons. The van der Waals surface area contributed by atoms with E-state index < -0.39 is 24.0 Å². The molecule has 0 aliphatic carbocycles. The number of esters is 1. The van der Waals surface area contributed by atoms with E-state index >= 15 is 0 Å². The fourth-order valence-electron chi connectivity index (χ4n) is 4.20. The van der Waals surface area contributed by atoms with E-state index in [1.807, 2.05) is 17.5 Å². The average Bonchev–Trinajstić information content (AvgIpc) is 3.40. The molecule has 7 nitrogen and oxygen atoms in total. The maximum Gasteiger partial charge on any atom is 0.573 e. The number of benzene rings is 2. The van der Waals surface area contributed by atoms with Gasteiger partial charge < -0.3 is 14.6 Å². The zero-order valence-electron chi connectivity index (χ0n) is 18.6. The Bertz CT molecular complexity index is 1360. The number of hydrogen-bond acceptors (Lipinski definition) is 7. The molecule has 4 rings (SSSR count). The van der Waals surface area contributed by atoms with Crippen LogP contribution in [-0.4, -0.2) is 39.0 Å². The van der Waals surface area contributed by atoms with Crippen LogP contribution in [0, 0.1) is 6.92 Å². The summed E-state index contributed by atoms with van der Waals surface area (Å²) in [6.07, 6.45) is -5.05. The lowest BCUT2D eigenvalue weighted by Crippen LogP contribution is -2.19. The first kappa shape index (κ1) is 24.0. The molecule has 180 valence electrons. The third kappa shape index (κ3) is 4.58. The largest absolute Gasteiger partial charge is 0.573 e. The molecule has 11 heteroatoms. The van der Waals surface area contributed by atoms with Gasteiger partial charge >= 0.3 is 12.3 Å². The van der Waals surface area contributed by atoms with Crippen molar-refractivity contribution in [3.05, 3.63) is 51.9 Å². The SMILES string of the molecule is CCOC(=O)C[C@H](c1cc(CO)c2sccc2c1)c1cc(OC(F)(F)F)c2c(nnn2C)c1C. The van der Waals surface area contributed by atoms with Crippen molar-refractivity contribution in [3.63, 3.8) is 0 Å². The van der Waals surface area contributed by atoms with E-state index in [1.54, 1.807) is 19.9 Å². The molecule has 0 saturated heterocycles. The number of aromatic nitrogens is 3. The van der Waals surface area contributed by atoms with Crippen LogP contribution in [0.5, 0.6) is 5.75 Å². The van der Waals surface area contributed by atoms with Crippen LogP contribution in [-0.2, 0) is 23.2 Å². The Morgan fingerprint density at radius 3 is 2.74 bits per heavy atom. The summed E-state index contributed by atoms with van der Waals surface area (Å²) in [6, 6.07) is 6.82. The standard InChI is InChI=1S/C23H22F3N3O4S/c1-4-32-19(31)10-17(14-7-13-5-6-34-22(13)15(8-14)11-30)16-9-18(33-23(24,25)26)21-20(12(16)2)27-28-29(21)3/h5-9,17,30H,4,10-11H2,1-3H3/t17-/m1/s1. The minimum absolute atomic E-state index is 0.0952. The second-order valence-corrected chi connectivity index (χ2v) is 8.70. The van der Waals surface area contributed by atoms with E-state index in [0.717, 1.165) is 10.1 Å². The molecular formula is C23H22F3N3O4S. The number of halogens is 3. The minimum Gasteiger partial charge on any atom is -0.466 e. The number of aryl methyl sites for hydroxylation is 2. The molecule has 0 saturated carbocycles. The first-order valence-electron chi connectivity index (χ1n) is 10.5. The lowest BCUT2D eigenvalue weighted by Gasteiger charge is -2.22. The summed E-state index contributed by atoms with van der Waals surface area (Å²) in [4.78, 5) is 12.5. The summed E-state index contributed by atoms with van der Waals surface area (Å²) < 4.78 is 51.3. The molecule has 0 unspecified atom stereocenters. The topological polar surface area (TPSA) is 86.5 Å². The molecule has 0 aliphatic rings. The highest BCUT2D eigenvalue weighted by Crippen LogP contribution is 2.41. The number of aliphatic hydroxyl groups is 1. The highest BCUT2D eigenvalue weighted by Gasteiger charge is 2.34. The first-order valence-corrected chi connectivity index (χ1v) is 11.4. The molecule has 0 bridgehead atoms. The Morgan fingerprint density at radius 1 is 1.29 bits per heavy atom. The van der Waals surface area contributed by atoms with E-state index in [0.29, 0.717) is 22.3 Å². The quantitative estimate of drug-likeness (QED) is 0.366. The fourth-order valence-corrected chi connectivity index (χ4v) is 5.09. The maximum atomic E-state index is 13.2. The van der Waals surface area contributed by atoms with Crippen LogP contribution >= 0.6 is 11.3 Å². The van der Waals surface area contributed by atoms with Crippen LogP contribution in [0.3, 0.4) is 0 Å². The maximum absolute atomic E-state index is 13.2. The number of carbonyl (C=O) groups is 1. The molecule has 2 aromatic heterocycles. The number of alkyl halides is 3. The fraction of sp³-hybridized carbons (Fsp3) is 0.348. The Hall–Kier alpha value is -3.18. The van der Waals surface area contributed by atoms with Crippen molar-refractivity contribution in [2.75, 3.05) is 6.61 Å². The van der Waals surface area contributed by atoms with E-state index in [9.17, 15) is 23.1 Å². The van der Waals surface area contributed by atoms with Gasteiger partial charge in [-0.2, -0.15) is 0 Å². The molecule has 0 amide bonds. The first-order chi connectivity index (χ1) is 16.1. The second kappa shape index (κ2) is 9.22. The van der Waals surface area contributed by atoms with Crippen LogP contribution in [0.25, 0.3) is 21.1 Å². The third-order valence-corrected chi connectivity index (χ3v) is 6.64. The summed E-state index contributed by atoms with van der Waals surface area (Å²) in [5.74, 6) is -1.63. The molecule has 2 aromatic carbocycles. The van der Waals surface area contributed by atoms with E-state index in [4.69, 9.17) is 4.74 Å². The van der Waals surface area contributed by atoms with Crippen LogP contribution in [0.2, 0.25) is 0 Å². The van der Waals surface area contributed by atoms with Crippen molar-refractivity contribution < 1.29 is 32.5 Å². The van der Waals surface area contributed by atoms with Crippen LogP contribution in [0.4, 0.5) is 13.2 Å². The van der Waals surface area contributed by atoms with Gasteiger partial charge in [0.1, 0.15) is 11.0 Å². The minimum atomic E-state index is -4.93. The van der Waals surface area contributed by atoms with E-state index in [-0.39, 0.29) is 30.7 Å². The number of aliphatic hydroxyl groups excluding tert-OH is 1. The van der Waals surface area contributed by atoms with Crippen molar-refractivity contribution in [1.82, 2.24) is 15.0 Å². The summed E-state index contributed by atoms with van der Waals surface area (Å²) in [7, 11) is 1.48. The number of thiophene rings is 1. The summed E-state index contributed by atoms with van der Waals surface area (Å²) in [5.41, 5.74) is 2.67. The van der Waals surface area contributed by atoms with Crippen LogP contribution < -0.4 is 4.74 Å². The predicted octanol–water partition coefficient (Wildman–Crippen LogP) is 4.97. The van der Waals surface area contributed by atoms with Crippen LogP contribution in [0.1, 0.15) is 41.5 Å². The molecule has 4 aromatic rings. The van der Waals surface area contributed by atoms with Gasteiger partial charge in [0.15, 0.2) is 5.75 Å². The van der Waals surface area contributed by atoms with Gasteiger partial charge in [-0.1, -0.05) is 11.3 Å². The molecule has 0 aliphatic heterocycles. The predicted molar refractivity (Wildman–Crippen MR) is 121 cm³/mol. The van der Waals surface area contributed by atoms with Crippen molar-refractivity contribution in [1.29, 1.82) is 0 Å². The third-order valence-electron chi connectivity index (χ3n) is 5.64. The molecule has 34 heavy (non-hydrogen) atoms. The van der Waals surface area contributed by atoms with Crippen LogP contribution in [0.15, 0.2) is 29.6 Å². The Balaban J connectivity index is 1.96. The van der Waals surface area contributed by atoms with E-state index in [2.05, 4.69) is 15.0 Å². The van der Waals surface area contributed by atoms with Gasteiger partial charge in [-0.05, 0) is 65.1 Å². The Morgan fingerprint density at radius 2 is 2.06 bits per heavy atom. The summed E-state index contributed by atoms with van der Waals surface area (Å²) in [5, 5.41) is 20.6. The molecule has 2 heterocycles. The second-order valence-electron chi connectivity index (χ2n) is 7.79. The summed E-state index contributed by atoms with van der Waals surface area (Å²) >= 11 is 1.48. The normalized spacial score (nSPS) is 12.9. The number of ether oxygens (including phenoxy) is 2. The summed E-state index contributed by atoms with van der Waals surface area (Å²) in [6.45, 7) is 3.35. The lowest BCUT2D eigenvalue weighted by atomic mass is 9.84. The van der Waals surface area contributed by atoms with Crippen molar-refractivity contribution >= 4 is 38.4 Å². The Kier molecular flexibility index (Phi) is 6.50. The Labute approximate surface area is 196 Å². The molecule has 1 N–H and O–H groups in total. The number of hydrogen-bond donors (Lipinski definition) is 1. The number of fused-ring (bicyclic) bond motifs is 2. The smallest absolute Gasteiger partial charge is 0.466 e. The molecule has 1 atom stereocenters. The van der Waals surface area contributed by atoms with Crippen molar-refractivity contribution in [2.45, 2.75) is 39.2 Å². The lowest BCUT2D eigenvalue weighted by molar-refractivity contribution is -0.274. The monoisotopic (exact) mass is 493 g/mol. The number of rotatable bonds is 7.